The summed E-state index contributed by atoms with van der Waals surface area (Å²) in [5, 5.41) is 5.83. The van der Waals surface area contributed by atoms with Crippen molar-refractivity contribution in [3.8, 4) is 0 Å². The fourth-order valence-corrected chi connectivity index (χ4v) is 2.94. The summed E-state index contributed by atoms with van der Waals surface area (Å²) in [5.74, 6) is -0.281. The summed E-state index contributed by atoms with van der Waals surface area (Å²) in [6.07, 6.45) is 8.04. The summed E-state index contributed by atoms with van der Waals surface area (Å²) in [6.45, 7) is 4.52. The van der Waals surface area contributed by atoms with Crippen LogP contribution in [-0.4, -0.2) is 24.4 Å². The van der Waals surface area contributed by atoms with Crippen LogP contribution in [0.3, 0.4) is 0 Å². The molecule has 0 unspecified atom stereocenters. The van der Waals surface area contributed by atoms with E-state index >= 15 is 0 Å². The highest BCUT2D eigenvalue weighted by molar-refractivity contribution is 5.97. The normalized spacial score (nSPS) is 15.5. The van der Waals surface area contributed by atoms with Crippen molar-refractivity contribution in [3.05, 3.63) is 47.5 Å². The fourth-order valence-electron chi connectivity index (χ4n) is 2.94. The zero-order valence-corrected chi connectivity index (χ0v) is 14.7. The molecule has 1 aliphatic rings. The van der Waals surface area contributed by atoms with E-state index in [2.05, 4.69) is 16.7 Å². The molecule has 130 valence electrons. The van der Waals surface area contributed by atoms with Gasteiger partial charge in [0.05, 0.1) is 0 Å². The number of amides is 2. The van der Waals surface area contributed by atoms with Gasteiger partial charge in [-0.2, -0.15) is 0 Å². The third kappa shape index (κ3) is 5.52. The maximum Gasteiger partial charge on any atom is 0.251 e. The predicted molar refractivity (Wildman–Crippen MR) is 96.7 cm³/mol. The monoisotopic (exact) mass is 328 g/mol. The van der Waals surface area contributed by atoms with Crippen LogP contribution >= 0.6 is 0 Å². The second-order valence-electron chi connectivity index (χ2n) is 6.71. The van der Waals surface area contributed by atoms with Crippen molar-refractivity contribution in [2.45, 2.75) is 52.0 Å². The first-order chi connectivity index (χ1) is 11.6. The topological polar surface area (TPSA) is 58.2 Å². The van der Waals surface area contributed by atoms with Crippen molar-refractivity contribution in [2.75, 3.05) is 6.54 Å². The number of rotatable bonds is 7. The summed E-state index contributed by atoms with van der Waals surface area (Å²) < 4.78 is 0. The van der Waals surface area contributed by atoms with Gasteiger partial charge in [-0.3, -0.25) is 9.59 Å². The van der Waals surface area contributed by atoms with Gasteiger partial charge in [-0.15, -0.1) is 0 Å². The highest BCUT2D eigenvalue weighted by Gasteiger charge is 2.24. The van der Waals surface area contributed by atoms with E-state index in [1.54, 1.807) is 12.1 Å². The summed E-state index contributed by atoms with van der Waals surface area (Å²) in [6, 6.07) is 8.48. The van der Waals surface area contributed by atoms with Crippen LogP contribution in [0.4, 0.5) is 0 Å². The molecule has 2 N–H and O–H groups in total. The number of carbonyl (C=O) groups excluding carboxylic acids is 2. The minimum Gasteiger partial charge on any atom is -0.354 e. The van der Waals surface area contributed by atoms with Gasteiger partial charge >= 0.3 is 0 Å². The Hall–Kier alpha value is -2.10. The van der Waals surface area contributed by atoms with Gasteiger partial charge in [0, 0.05) is 12.1 Å². The van der Waals surface area contributed by atoms with E-state index in [1.165, 1.54) is 18.4 Å². The molecular weight excluding hydrogens is 300 g/mol. The smallest absolute Gasteiger partial charge is 0.251 e. The minimum atomic E-state index is -0.516. The lowest BCUT2D eigenvalue weighted by atomic mass is 9.97. The summed E-state index contributed by atoms with van der Waals surface area (Å²) in [7, 11) is 0. The molecule has 2 rings (SSSR count). The van der Waals surface area contributed by atoms with Crippen LogP contribution in [0.25, 0.3) is 0 Å². The van der Waals surface area contributed by atoms with Crippen molar-refractivity contribution in [3.63, 3.8) is 0 Å². The third-order valence-electron chi connectivity index (χ3n) is 4.40. The van der Waals surface area contributed by atoms with Crippen LogP contribution in [0.5, 0.6) is 0 Å². The number of carbonyl (C=O) groups is 2. The van der Waals surface area contributed by atoms with Crippen molar-refractivity contribution in [1.82, 2.24) is 10.6 Å². The van der Waals surface area contributed by atoms with E-state index in [0.717, 1.165) is 19.3 Å². The van der Waals surface area contributed by atoms with Crippen molar-refractivity contribution < 1.29 is 9.59 Å². The molecule has 0 spiro atoms. The van der Waals surface area contributed by atoms with Crippen molar-refractivity contribution in [1.29, 1.82) is 0 Å². The van der Waals surface area contributed by atoms with Crippen LogP contribution < -0.4 is 10.6 Å². The Balaban J connectivity index is 1.86. The molecule has 24 heavy (non-hydrogen) atoms. The van der Waals surface area contributed by atoms with E-state index in [9.17, 15) is 9.59 Å². The maximum atomic E-state index is 12.4. The molecule has 4 heteroatoms. The molecule has 0 saturated heterocycles. The zero-order chi connectivity index (χ0) is 17.4. The first-order valence-corrected chi connectivity index (χ1v) is 8.89. The summed E-state index contributed by atoms with van der Waals surface area (Å²) in [5.41, 5.74) is 2.01. The summed E-state index contributed by atoms with van der Waals surface area (Å²) in [4.78, 5) is 24.7. The standard InChI is InChI=1S/C20H28N2O2/c1-15(2)18(22-19(23)17-11-7-4-8-12-17)20(24)21-14-13-16-9-5-3-6-10-16/h4,7-9,11-12,15,18H,3,5-6,10,13-14H2,1-2H3,(H,21,24)(H,22,23)/t18-/m1/s1. The molecule has 0 radical (unpaired) electrons. The van der Waals surface area contributed by atoms with Crippen LogP contribution in [-0.2, 0) is 4.79 Å². The number of hydrogen-bond donors (Lipinski definition) is 2. The van der Waals surface area contributed by atoms with Gasteiger partial charge in [-0.25, -0.2) is 0 Å². The van der Waals surface area contributed by atoms with E-state index in [4.69, 9.17) is 0 Å². The Morgan fingerprint density at radius 1 is 1.12 bits per heavy atom. The molecule has 4 nitrogen and oxygen atoms in total. The molecule has 0 heterocycles. The van der Waals surface area contributed by atoms with E-state index in [-0.39, 0.29) is 17.7 Å². The Morgan fingerprint density at radius 2 is 1.88 bits per heavy atom. The Morgan fingerprint density at radius 3 is 2.50 bits per heavy atom. The van der Waals surface area contributed by atoms with E-state index < -0.39 is 6.04 Å². The molecule has 1 atom stereocenters. The third-order valence-corrected chi connectivity index (χ3v) is 4.40. The lowest BCUT2D eigenvalue weighted by Crippen LogP contribution is -2.49. The average Bonchev–Trinajstić information content (AvgIpc) is 2.60. The number of allylic oxidation sites excluding steroid dienone is 1. The average molecular weight is 328 g/mol. The van der Waals surface area contributed by atoms with Gasteiger partial charge in [0.25, 0.3) is 5.91 Å². The molecule has 1 aromatic carbocycles. The van der Waals surface area contributed by atoms with Gasteiger partial charge in [-0.05, 0) is 50.2 Å². The van der Waals surface area contributed by atoms with Crippen molar-refractivity contribution in [2.24, 2.45) is 5.92 Å². The van der Waals surface area contributed by atoms with Gasteiger partial charge in [-0.1, -0.05) is 43.7 Å². The quantitative estimate of drug-likeness (QED) is 0.753. The maximum absolute atomic E-state index is 12.4. The molecule has 1 aliphatic carbocycles. The van der Waals surface area contributed by atoms with Crippen molar-refractivity contribution >= 4 is 11.8 Å². The molecule has 1 aromatic rings. The molecule has 0 bridgehead atoms. The molecule has 0 saturated carbocycles. The molecule has 0 fully saturated rings. The van der Waals surface area contributed by atoms with Crippen LogP contribution in [0.15, 0.2) is 42.0 Å². The highest BCUT2D eigenvalue weighted by Crippen LogP contribution is 2.19. The van der Waals surface area contributed by atoms with Gasteiger partial charge in [0.2, 0.25) is 5.91 Å². The summed E-state index contributed by atoms with van der Waals surface area (Å²) >= 11 is 0. The van der Waals surface area contributed by atoms with Crippen LogP contribution in [0, 0.1) is 5.92 Å². The number of benzene rings is 1. The Bertz CT molecular complexity index is 579. The largest absolute Gasteiger partial charge is 0.354 e. The minimum absolute atomic E-state index is 0.0339. The van der Waals surface area contributed by atoms with Gasteiger partial charge < -0.3 is 10.6 Å². The molecule has 2 amide bonds. The zero-order valence-electron chi connectivity index (χ0n) is 14.7. The molecule has 0 aliphatic heterocycles. The second-order valence-corrected chi connectivity index (χ2v) is 6.71. The molecular formula is C20H28N2O2. The lowest BCUT2D eigenvalue weighted by Gasteiger charge is -2.22. The van der Waals surface area contributed by atoms with Gasteiger partial charge in [0.1, 0.15) is 6.04 Å². The SMILES string of the molecule is CC(C)[C@@H](NC(=O)c1ccccc1)C(=O)NCCC1=CCCCC1. The molecule has 0 aromatic heterocycles. The fraction of sp³-hybridized carbons (Fsp3) is 0.500. The van der Waals surface area contributed by atoms with Crippen LogP contribution in [0.1, 0.15) is 56.3 Å². The van der Waals surface area contributed by atoms with Crippen LogP contribution in [0.2, 0.25) is 0 Å². The van der Waals surface area contributed by atoms with E-state index in [0.29, 0.717) is 12.1 Å². The lowest BCUT2D eigenvalue weighted by molar-refractivity contribution is -0.123. The number of hydrogen-bond acceptors (Lipinski definition) is 2. The number of nitrogens with one attached hydrogen (secondary N) is 2. The van der Waals surface area contributed by atoms with Gasteiger partial charge in [0.15, 0.2) is 0 Å². The Kier molecular flexibility index (Phi) is 7.04. The highest BCUT2D eigenvalue weighted by atomic mass is 16.2. The first kappa shape index (κ1) is 18.2. The Labute approximate surface area is 144 Å². The second kappa shape index (κ2) is 9.26. The predicted octanol–water partition coefficient (Wildman–Crippen LogP) is 3.45. The van der Waals surface area contributed by atoms with E-state index in [1.807, 2.05) is 32.0 Å². The first-order valence-electron chi connectivity index (χ1n) is 8.89.